The molecule has 0 aromatic heterocycles. The molecule has 2 unspecified atom stereocenters. The molecule has 0 saturated carbocycles. The van der Waals surface area contributed by atoms with Crippen molar-refractivity contribution in [3.63, 3.8) is 0 Å². The minimum absolute atomic E-state index is 0.0443. The maximum Gasteiger partial charge on any atom is 0.0895 e. The second kappa shape index (κ2) is 6.33. The van der Waals surface area contributed by atoms with Crippen LogP contribution in [0.2, 0.25) is 0 Å². The molecule has 0 aromatic rings. The third-order valence-corrected chi connectivity index (χ3v) is 2.58. The summed E-state index contributed by atoms with van der Waals surface area (Å²) in [6, 6.07) is 0. The molecule has 0 bridgehead atoms. The fourth-order valence-corrected chi connectivity index (χ4v) is 1.50. The van der Waals surface area contributed by atoms with Crippen molar-refractivity contribution in [1.82, 2.24) is 0 Å². The highest BCUT2D eigenvalue weighted by Gasteiger charge is 2.25. The summed E-state index contributed by atoms with van der Waals surface area (Å²) in [5.74, 6) is 0.497. The predicted molar refractivity (Wildman–Crippen MR) is 53.3 cm³/mol. The smallest absolute Gasteiger partial charge is 0.0895 e. The Kier molecular flexibility index (Phi) is 6.25. The number of aliphatic hydroxyl groups is 1. The lowest BCUT2D eigenvalue weighted by Gasteiger charge is -2.29. The first kappa shape index (κ1) is 12.8. The summed E-state index contributed by atoms with van der Waals surface area (Å²) >= 11 is 0. The van der Waals surface area contributed by atoms with E-state index in [-0.39, 0.29) is 13.3 Å². The predicted octanol–water partition coefficient (Wildman–Crippen LogP) is 1.86. The van der Waals surface area contributed by atoms with Gasteiger partial charge in [0.05, 0.1) is 13.3 Å². The van der Waals surface area contributed by atoms with Crippen LogP contribution in [0.1, 0.15) is 39.5 Å². The Morgan fingerprint density at radius 2 is 2.15 bits per heavy atom. The zero-order valence-electron chi connectivity index (χ0n) is 8.72. The standard InChI is InChI=1S/C10H22FNO/c1-3-9(2)7-10(12,8-13)5-4-6-11/h9,13H,3-8,12H2,1-2H3. The second-order valence-electron chi connectivity index (χ2n) is 4.03. The Balaban J connectivity index is 3.94. The first-order valence-electron chi connectivity index (χ1n) is 5.03. The lowest BCUT2D eigenvalue weighted by atomic mass is 9.85. The van der Waals surface area contributed by atoms with Crippen molar-refractivity contribution >= 4 is 0 Å². The number of alkyl halides is 1. The van der Waals surface area contributed by atoms with Crippen molar-refractivity contribution in [2.75, 3.05) is 13.3 Å². The van der Waals surface area contributed by atoms with Gasteiger partial charge >= 0.3 is 0 Å². The van der Waals surface area contributed by atoms with Crippen LogP contribution in [0.5, 0.6) is 0 Å². The van der Waals surface area contributed by atoms with Gasteiger partial charge in [-0.25, -0.2) is 0 Å². The molecule has 0 heterocycles. The molecule has 0 aliphatic carbocycles. The quantitative estimate of drug-likeness (QED) is 0.645. The van der Waals surface area contributed by atoms with Crippen LogP contribution in [-0.4, -0.2) is 23.9 Å². The van der Waals surface area contributed by atoms with Crippen LogP contribution in [0.15, 0.2) is 0 Å². The number of nitrogens with two attached hydrogens (primary N) is 1. The minimum atomic E-state index is -0.568. The number of aliphatic hydroxyl groups excluding tert-OH is 1. The van der Waals surface area contributed by atoms with Crippen LogP contribution in [-0.2, 0) is 0 Å². The summed E-state index contributed by atoms with van der Waals surface area (Å²) in [6.45, 7) is 3.81. The lowest BCUT2D eigenvalue weighted by molar-refractivity contribution is 0.156. The Morgan fingerprint density at radius 3 is 2.54 bits per heavy atom. The maximum absolute atomic E-state index is 11.9. The molecule has 3 heteroatoms. The van der Waals surface area contributed by atoms with Gasteiger partial charge in [0.1, 0.15) is 0 Å². The van der Waals surface area contributed by atoms with Gasteiger partial charge in [-0.15, -0.1) is 0 Å². The molecule has 0 fully saturated rings. The first-order valence-corrected chi connectivity index (χ1v) is 5.03. The molecule has 0 aliphatic heterocycles. The Labute approximate surface area is 80.3 Å². The van der Waals surface area contributed by atoms with Crippen molar-refractivity contribution in [2.45, 2.75) is 45.1 Å². The Morgan fingerprint density at radius 1 is 1.54 bits per heavy atom. The Hall–Kier alpha value is -0.150. The summed E-state index contributed by atoms with van der Waals surface area (Å²) in [4.78, 5) is 0. The van der Waals surface area contributed by atoms with E-state index in [1.807, 2.05) is 0 Å². The van der Waals surface area contributed by atoms with E-state index >= 15 is 0 Å². The number of halogens is 1. The first-order chi connectivity index (χ1) is 6.08. The van der Waals surface area contributed by atoms with Crippen molar-refractivity contribution in [3.8, 4) is 0 Å². The fraction of sp³-hybridized carbons (Fsp3) is 1.00. The normalized spacial score (nSPS) is 18.2. The molecular formula is C10H22FNO. The van der Waals surface area contributed by atoms with Gasteiger partial charge in [-0.3, -0.25) is 4.39 Å². The molecule has 2 atom stereocenters. The van der Waals surface area contributed by atoms with E-state index in [9.17, 15) is 4.39 Å². The zero-order chi connectivity index (χ0) is 10.3. The SMILES string of the molecule is CCC(C)CC(N)(CO)CCCF. The maximum atomic E-state index is 11.9. The van der Waals surface area contributed by atoms with Crippen molar-refractivity contribution in [2.24, 2.45) is 11.7 Å². The van der Waals surface area contributed by atoms with Gasteiger partial charge in [0.25, 0.3) is 0 Å². The number of hydrogen-bond donors (Lipinski definition) is 2. The average molecular weight is 191 g/mol. The van der Waals surface area contributed by atoms with Crippen LogP contribution in [0, 0.1) is 5.92 Å². The molecule has 0 saturated heterocycles. The van der Waals surface area contributed by atoms with Crippen molar-refractivity contribution in [3.05, 3.63) is 0 Å². The third-order valence-electron chi connectivity index (χ3n) is 2.58. The molecule has 80 valence electrons. The van der Waals surface area contributed by atoms with Crippen LogP contribution in [0.4, 0.5) is 4.39 Å². The third kappa shape index (κ3) is 5.21. The highest BCUT2D eigenvalue weighted by Crippen LogP contribution is 2.21. The van der Waals surface area contributed by atoms with Crippen molar-refractivity contribution < 1.29 is 9.50 Å². The molecule has 0 aliphatic rings. The monoisotopic (exact) mass is 191 g/mol. The van der Waals surface area contributed by atoms with Gasteiger partial charge in [0.2, 0.25) is 0 Å². The molecule has 0 spiro atoms. The number of rotatable bonds is 7. The van der Waals surface area contributed by atoms with E-state index in [0.717, 1.165) is 12.8 Å². The van der Waals surface area contributed by atoms with Crippen molar-refractivity contribution in [1.29, 1.82) is 0 Å². The van der Waals surface area contributed by atoms with E-state index in [2.05, 4.69) is 13.8 Å². The average Bonchev–Trinajstić information content (AvgIpc) is 2.14. The van der Waals surface area contributed by atoms with Gasteiger partial charge < -0.3 is 10.8 Å². The van der Waals surface area contributed by atoms with Crippen LogP contribution >= 0.6 is 0 Å². The van der Waals surface area contributed by atoms with E-state index < -0.39 is 5.54 Å². The molecule has 0 rings (SSSR count). The summed E-state index contributed by atoms with van der Waals surface area (Å²) in [5.41, 5.74) is 5.38. The van der Waals surface area contributed by atoms with Gasteiger partial charge in [0.15, 0.2) is 0 Å². The van der Waals surface area contributed by atoms with Crippen LogP contribution in [0.3, 0.4) is 0 Å². The summed E-state index contributed by atoms with van der Waals surface area (Å²) in [7, 11) is 0. The summed E-state index contributed by atoms with van der Waals surface area (Å²) in [5, 5.41) is 9.11. The summed E-state index contributed by atoms with van der Waals surface area (Å²) in [6.07, 6.45) is 2.85. The van der Waals surface area contributed by atoms with Gasteiger partial charge in [-0.1, -0.05) is 20.3 Å². The van der Waals surface area contributed by atoms with Crippen LogP contribution < -0.4 is 5.73 Å². The molecule has 0 amide bonds. The largest absolute Gasteiger partial charge is 0.394 e. The highest BCUT2D eigenvalue weighted by molar-refractivity contribution is 4.84. The summed E-state index contributed by atoms with van der Waals surface area (Å²) < 4.78 is 11.9. The van der Waals surface area contributed by atoms with Gasteiger partial charge in [0, 0.05) is 5.54 Å². The zero-order valence-corrected chi connectivity index (χ0v) is 8.72. The minimum Gasteiger partial charge on any atom is -0.394 e. The van der Waals surface area contributed by atoms with Gasteiger partial charge in [-0.05, 0) is 25.2 Å². The van der Waals surface area contributed by atoms with E-state index in [1.54, 1.807) is 0 Å². The molecule has 2 nitrogen and oxygen atoms in total. The molecule has 0 aromatic carbocycles. The fourth-order valence-electron chi connectivity index (χ4n) is 1.50. The van der Waals surface area contributed by atoms with Crippen LogP contribution in [0.25, 0.3) is 0 Å². The molecule has 0 radical (unpaired) electrons. The van der Waals surface area contributed by atoms with E-state index in [4.69, 9.17) is 10.8 Å². The lowest BCUT2D eigenvalue weighted by Crippen LogP contribution is -2.45. The number of hydrogen-bond acceptors (Lipinski definition) is 2. The van der Waals surface area contributed by atoms with E-state index in [1.165, 1.54) is 0 Å². The molecular weight excluding hydrogens is 169 g/mol. The highest BCUT2D eigenvalue weighted by atomic mass is 19.1. The Bertz CT molecular complexity index is 132. The van der Waals surface area contributed by atoms with Gasteiger partial charge in [-0.2, -0.15) is 0 Å². The second-order valence-corrected chi connectivity index (χ2v) is 4.03. The van der Waals surface area contributed by atoms with E-state index in [0.29, 0.717) is 18.8 Å². The topological polar surface area (TPSA) is 46.2 Å². The molecule has 3 N–H and O–H groups in total. The molecule has 13 heavy (non-hydrogen) atoms.